The van der Waals surface area contributed by atoms with Crippen LogP contribution >= 0.6 is 7.87 Å². The molecular weight excluding hydrogens is 437 g/mol. The molecule has 0 amide bonds. The van der Waals surface area contributed by atoms with Crippen LogP contribution in [0.25, 0.3) is 11.2 Å². The van der Waals surface area contributed by atoms with Gasteiger partial charge in [-0.1, -0.05) is 0 Å². The molecule has 13 heteroatoms. The Kier molecular flexibility index (Phi) is 7.50. The Morgan fingerprint density at radius 2 is 2.16 bits per heavy atom. The third-order valence-electron chi connectivity index (χ3n) is 5.54. The number of aromatic amines is 1. The monoisotopic (exact) mass is 469 g/mol. The second-order valence-corrected chi connectivity index (χ2v) is 11.2. The second kappa shape index (κ2) is 9.79. The maximum atomic E-state index is 12.1. The van der Waals surface area contributed by atoms with E-state index in [4.69, 9.17) is 20.3 Å². The number of aliphatic hydroxyl groups is 1. The molecule has 1 fully saturated rings. The fraction of sp³-hybridized carbons (Fsp3) is 0.684. The fourth-order valence-corrected chi connectivity index (χ4v) is 7.71. The number of fused-ring (bicyclic) bond motifs is 1. The number of ether oxygens (including phenoxy) is 1. The molecule has 32 heavy (non-hydrogen) atoms. The van der Waals surface area contributed by atoms with Crippen LogP contribution < -0.4 is 11.3 Å². The molecule has 0 spiro atoms. The van der Waals surface area contributed by atoms with E-state index < -0.39 is 31.9 Å². The van der Waals surface area contributed by atoms with Gasteiger partial charge in [-0.25, -0.2) is 0 Å². The minimum absolute atomic E-state index is 0.00690. The van der Waals surface area contributed by atoms with Crippen molar-refractivity contribution >= 4 is 25.0 Å². The summed E-state index contributed by atoms with van der Waals surface area (Å²) in [6, 6.07) is 2.08. The predicted molar refractivity (Wildman–Crippen MR) is 121 cm³/mol. The molecule has 0 unspecified atom stereocenters. The maximum absolute atomic E-state index is 12.1. The average Bonchev–Trinajstić information content (AvgIpc) is 3.29. The zero-order valence-electron chi connectivity index (χ0n) is 18.7. The van der Waals surface area contributed by atoms with E-state index in [1.165, 1.54) is 6.33 Å². The first kappa shape index (κ1) is 24.5. The Morgan fingerprint density at radius 3 is 2.75 bits per heavy atom. The number of nitrogens with zero attached hydrogens (tertiary/aromatic N) is 5. The van der Waals surface area contributed by atoms with Crippen LogP contribution in [0.2, 0.25) is 0 Å². The van der Waals surface area contributed by atoms with Crippen molar-refractivity contribution in [2.45, 2.75) is 71.1 Å². The predicted octanol–water partition coefficient (Wildman–Crippen LogP) is 0.886. The Bertz CT molecular complexity index is 1030. The van der Waals surface area contributed by atoms with Crippen LogP contribution in [0.3, 0.4) is 0 Å². The SMILES string of the molecule is CC(C)N(C(C)C)[PH](O)(CCC#N)O[C@H]1C[C@H](n2cnc3c(=O)[nH]c(N)nc32)O[C@@H]1CO. The minimum atomic E-state index is -3.53. The number of nitrogens with two attached hydrogens (primary N) is 1. The quantitative estimate of drug-likeness (QED) is 0.386. The van der Waals surface area contributed by atoms with Crippen molar-refractivity contribution in [1.29, 1.82) is 5.26 Å². The number of hydrogen-bond donors (Lipinski definition) is 4. The van der Waals surface area contributed by atoms with Crippen LogP contribution in [0, 0.1) is 11.3 Å². The van der Waals surface area contributed by atoms with E-state index in [1.807, 2.05) is 32.4 Å². The van der Waals surface area contributed by atoms with Gasteiger partial charge in [0.1, 0.15) is 0 Å². The van der Waals surface area contributed by atoms with Gasteiger partial charge in [-0.3, -0.25) is 0 Å². The molecule has 178 valence electrons. The molecule has 2 aromatic heterocycles. The molecule has 0 aromatic carbocycles. The molecule has 3 rings (SSSR count). The average molecular weight is 469 g/mol. The molecule has 2 aromatic rings. The van der Waals surface area contributed by atoms with Crippen LogP contribution in [0.4, 0.5) is 5.95 Å². The van der Waals surface area contributed by atoms with Crippen LogP contribution in [0.5, 0.6) is 0 Å². The molecule has 3 atom stereocenters. The van der Waals surface area contributed by atoms with Gasteiger partial charge < -0.3 is 0 Å². The molecule has 3 heterocycles. The van der Waals surface area contributed by atoms with Gasteiger partial charge in [-0.15, -0.1) is 0 Å². The number of imidazole rings is 1. The number of anilines is 1. The van der Waals surface area contributed by atoms with Crippen molar-refractivity contribution in [2.75, 3.05) is 18.5 Å². The van der Waals surface area contributed by atoms with Crippen LogP contribution in [-0.4, -0.2) is 71.2 Å². The van der Waals surface area contributed by atoms with Crippen molar-refractivity contribution in [1.82, 2.24) is 24.2 Å². The van der Waals surface area contributed by atoms with Gasteiger partial charge in [0.2, 0.25) is 0 Å². The molecule has 1 saturated heterocycles. The molecule has 1 aliphatic heterocycles. The Labute approximate surface area is 186 Å². The summed E-state index contributed by atoms with van der Waals surface area (Å²) in [5.74, 6) is -0.0449. The molecular formula is C19H32N7O5P. The normalized spacial score (nSPS) is 22.3. The van der Waals surface area contributed by atoms with E-state index in [9.17, 15) is 14.8 Å². The van der Waals surface area contributed by atoms with Crippen molar-refractivity contribution in [3.05, 3.63) is 16.7 Å². The first-order chi connectivity index (χ1) is 15.1. The van der Waals surface area contributed by atoms with Crippen LogP contribution in [0.15, 0.2) is 11.1 Å². The first-order valence-electron chi connectivity index (χ1n) is 10.7. The van der Waals surface area contributed by atoms with Gasteiger partial charge in [-0.2, -0.15) is 0 Å². The van der Waals surface area contributed by atoms with Crippen molar-refractivity contribution < 1.29 is 19.3 Å². The van der Waals surface area contributed by atoms with E-state index in [0.29, 0.717) is 0 Å². The van der Waals surface area contributed by atoms with Gasteiger partial charge in [0.25, 0.3) is 0 Å². The molecule has 5 N–H and O–H groups in total. The third-order valence-corrected chi connectivity index (χ3v) is 8.96. The van der Waals surface area contributed by atoms with Crippen LogP contribution in [0.1, 0.15) is 46.8 Å². The Balaban J connectivity index is 1.91. The summed E-state index contributed by atoms with van der Waals surface area (Å²) in [6.45, 7) is 7.55. The molecule has 0 aliphatic carbocycles. The first-order valence-corrected chi connectivity index (χ1v) is 12.7. The number of nitrogen functional groups attached to an aromatic ring is 1. The standard InChI is InChI=1S/C19H32N7O5P/c1-11(2)26(12(3)4)32(29,7-5-6-20)31-13-8-15(30-14(13)9-27)25-10-22-16-17(25)23-19(21)24-18(16)28/h10-15,27,29,32H,5,7-9H2,1-4H3,(H3,21,23,24,28)/t13-,14+,15+/m0/s1. The topological polar surface area (TPSA) is 176 Å². The molecule has 0 radical (unpaired) electrons. The van der Waals surface area contributed by atoms with E-state index in [-0.39, 0.29) is 54.8 Å². The van der Waals surface area contributed by atoms with Gasteiger partial charge in [0.15, 0.2) is 0 Å². The molecule has 0 bridgehead atoms. The molecule has 0 saturated carbocycles. The Morgan fingerprint density at radius 1 is 1.47 bits per heavy atom. The summed E-state index contributed by atoms with van der Waals surface area (Å²) in [4.78, 5) is 34.4. The van der Waals surface area contributed by atoms with E-state index in [2.05, 4.69) is 21.0 Å². The van der Waals surface area contributed by atoms with Gasteiger partial charge in [0.05, 0.1) is 0 Å². The summed E-state index contributed by atoms with van der Waals surface area (Å²) >= 11 is 0. The summed E-state index contributed by atoms with van der Waals surface area (Å²) in [6.07, 6.45) is 0.115. The van der Waals surface area contributed by atoms with E-state index in [0.717, 1.165) is 0 Å². The summed E-state index contributed by atoms with van der Waals surface area (Å²) in [7, 11) is -3.53. The van der Waals surface area contributed by atoms with Crippen LogP contribution in [-0.2, 0) is 9.26 Å². The van der Waals surface area contributed by atoms with E-state index in [1.54, 1.807) is 4.57 Å². The number of nitrogens with one attached hydrogen (secondary N) is 1. The molecule has 1 aliphatic rings. The third kappa shape index (κ3) is 4.78. The number of H-pyrrole nitrogens is 1. The number of hydrogen-bond acceptors (Lipinski definition) is 10. The zero-order valence-corrected chi connectivity index (χ0v) is 19.7. The summed E-state index contributed by atoms with van der Waals surface area (Å²) in [5, 5.41) is 19.1. The fourth-order valence-electron chi connectivity index (χ4n) is 4.43. The summed E-state index contributed by atoms with van der Waals surface area (Å²) in [5.41, 5.74) is 5.60. The Hall–Kier alpha value is -2.13. The molecule has 12 nitrogen and oxygen atoms in total. The number of nitriles is 1. The van der Waals surface area contributed by atoms with Gasteiger partial charge in [0, 0.05) is 0 Å². The number of aliphatic hydroxyl groups excluding tert-OH is 1. The van der Waals surface area contributed by atoms with Crippen molar-refractivity contribution in [2.24, 2.45) is 0 Å². The number of rotatable bonds is 9. The summed E-state index contributed by atoms with van der Waals surface area (Å²) < 4.78 is 15.8. The van der Waals surface area contributed by atoms with Crippen molar-refractivity contribution in [3.8, 4) is 6.07 Å². The van der Waals surface area contributed by atoms with Gasteiger partial charge in [-0.05, 0) is 0 Å². The second-order valence-electron chi connectivity index (χ2n) is 8.48. The van der Waals surface area contributed by atoms with Gasteiger partial charge >= 0.3 is 186 Å². The number of aromatic nitrogens is 4. The zero-order chi connectivity index (χ0) is 23.6. The van der Waals surface area contributed by atoms with E-state index >= 15 is 0 Å². The van der Waals surface area contributed by atoms with Crippen molar-refractivity contribution in [3.63, 3.8) is 0 Å².